The number of carbonyl (C=O) groups excluding carboxylic acids is 6. The Bertz CT molecular complexity index is 729. The van der Waals surface area contributed by atoms with E-state index >= 15 is 0 Å². The van der Waals surface area contributed by atoms with Crippen molar-refractivity contribution in [3.8, 4) is 0 Å². The lowest BCUT2D eigenvalue weighted by Crippen LogP contribution is -2.71. The van der Waals surface area contributed by atoms with Crippen molar-refractivity contribution < 1.29 is 57.2 Å². The summed E-state index contributed by atoms with van der Waals surface area (Å²) in [5.41, 5.74) is 0. The highest BCUT2D eigenvalue weighted by molar-refractivity contribution is 5.87. The molecular formula is C18H24O12. The lowest BCUT2D eigenvalue weighted by molar-refractivity contribution is -0.336. The van der Waals surface area contributed by atoms with E-state index in [2.05, 4.69) is 0 Å². The quantitative estimate of drug-likeness (QED) is 0.379. The first-order valence-corrected chi connectivity index (χ1v) is 8.83. The van der Waals surface area contributed by atoms with Gasteiger partial charge in [-0.1, -0.05) is 0 Å². The molecule has 1 saturated heterocycles. The van der Waals surface area contributed by atoms with Crippen molar-refractivity contribution >= 4 is 35.6 Å². The fraction of sp³-hybridized carbons (Fsp3) is 0.667. The maximum atomic E-state index is 12.5. The number of ether oxygens (including phenoxy) is 6. The molecule has 0 N–H and O–H groups in total. The molecule has 30 heavy (non-hydrogen) atoms. The van der Waals surface area contributed by atoms with Crippen LogP contribution in [0.5, 0.6) is 0 Å². The number of hydrogen-bond acceptors (Lipinski definition) is 12. The monoisotopic (exact) mass is 432 g/mol. The van der Waals surface area contributed by atoms with E-state index in [4.69, 9.17) is 28.4 Å². The predicted octanol–water partition coefficient (Wildman–Crippen LogP) is -0.408. The number of Topliss-reactive ketones (excluding diaryl/α,β-unsaturated/α-hetero) is 1. The Morgan fingerprint density at radius 1 is 0.700 bits per heavy atom. The largest absolute Gasteiger partial charge is 0.463 e. The van der Waals surface area contributed by atoms with Crippen molar-refractivity contribution in [2.75, 3.05) is 6.61 Å². The zero-order chi connectivity index (χ0) is 23.2. The molecular weight excluding hydrogens is 408 g/mol. The normalized spacial score (nSPS) is 27.9. The summed E-state index contributed by atoms with van der Waals surface area (Å²) >= 11 is 0. The third kappa shape index (κ3) is 6.24. The lowest BCUT2D eigenvalue weighted by Gasteiger charge is -2.48. The van der Waals surface area contributed by atoms with Crippen LogP contribution in [0.2, 0.25) is 0 Å². The van der Waals surface area contributed by atoms with E-state index in [1.54, 1.807) is 0 Å². The second-order valence-electron chi connectivity index (χ2n) is 6.45. The van der Waals surface area contributed by atoms with E-state index in [9.17, 15) is 28.8 Å². The molecule has 168 valence electrons. The van der Waals surface area contributed by atoms with Crippen molar-refractivity contribution in [1.29, 1.82) is 0 Å². The van der Waals surface area contributed by atoms with Crippen LogP contribution in [0.3, 0.4) is 0 Å². The summed E-state index contributed by atoms with van der Waals surface area (Å²) in [6.45, 7) is 5.56. The molecule has 0 radical (unpaired) electrons. The van der Waals surface area contributed by atoms with E-state index in [-0.39, 0.29) is 0 Å². The second kappa shape index (κ2) is 10.1. The Labute approximate surface area is 172 Å². The van der Waals surface area contributed by atoms with Gasteiger partial charge in [0.25, 0.3) is 0 Å². The molecule has 0 aromatic heterocycles. The van der Waals surface area contributed by atoms with Gasteiger partial charge in [0.1, 0.15) is 12.7 Å². The number of rotatable bonds is 7. The minimum Gasteiger partial charge on any atom is -0.463 e. The summed E-state index contributed by atoms with van der Waals surface area (Å²) in [7, 11) is 0. The van der Waals surface area contributed by atoms with Crippen molar-refractivity contribution in [1.82, 2.24) is 0 Å². The molecule has 1 aliphatic heterocycles. The third-order valence-electron chi connectivity index (χ3n) is 3.82. The van der Waals surface area contributed by atoms with Crippen molar-refractivity contribution in [3.63, 3.8) is 0 Å². The highest BCUT2D eigenvalue weighted by Crippen LogP contribution is 2.37. The van der Waals surface area contributed by atoms with Gasteiger partial charge < -0.3 is 28.4 Å². The fourth-order valence-electron chi connectivity index (χ4n) is 2.92. The van der Waals surface area contributed by atoms with Crippen LogP contribution in [0.25, 0.3) is 0 Å². The molecule has 0 bridgehead atoms. The average Bonchev–Trinajstić information content (AvgIpc) is 2.56. The zero-order valence-electron chi connectivity index (χ0n) is 17.4. The third-order valence-corrected chi connectivity index (χ3v) is 3.82. The van der Waals surface area contributed by atoms with Crippen LogP contribution in [0, 0.1) is 0 Å². The molecule has 0 unspecified atom stereocenters. The van der Waals surface area contributed by atoms with E-state index in [1.807, 2.05) is 0 Å². The molecule has 0 aliphatic carbocycles. The Balaban J connectivity index is 3.65. The summed E-state index contributed by atoms with van der Waals surface area (Å²) in [4.78, 5) is 70.6. The van der Waals surface area contributed by atoms with Crippen molar-refractivity contribution in [2.24, 2.45) is 0 Å². The number of carbonyl (C=O) groups is 6. The standard InChI is InChI=1S/C18H24O12/c1-8(19)18(29-13(6)24)17(28-12(5)23)16(27-11(4)22)15(26-10(3)21)14(30-18)7-25-9(2)20/h14-17H,7H2,1-6H3/t14-,15-,16+,17-,18-/m1/s1. The van der Waals surface area contributed by atoms with Crippen LogP contribution in [-0.4, -0.2) is 72.4 Å². The molecule has 12 heteroatoms. The first-order chi connectivity index (χ1) is 13.8. The molecule has 12 nitrogen and oxygen atoms in total. The molecule has 1 rings (SSSR count). The van der Waals surface area contributed by atoms with Gasteiger partial charge >= 0.3 is 35.6 Å². The van der Waals surface area contributed by atoms with Crippen molar-refractivity contribution in [3.05, 3.63) is 0 Å². The highest BCUT2D eigenvalue weighted by atomic mass is 16.8. The highest BCUT2D eigenvalue weighted by Gasteiger charge is 2.64. The van der Waals surface area contributed by atoms with Gasteiger partial charge in [0, 0.05) is 41.5 Å². The van der Waals surface area contributed by atoms with Crippen LogP contribution in [0.15, 0.2) is 0 Å². The van der Waals surface area contributed by atoms with Crippen LogP contribution < -0.4 is 0 Å². The van der Waals surface area contributed by atoms with Crippen molar-refractivity contribution in [2.45, 2.75) is 71.7 Å². The number of hydrogen-bond donors (Lipinski definition) is 0. The van der Waals surface area contributed by atoms with E-state index < -0.39 is 72.4 Å². The first kappa shape index (κ1) is 25.0. The molecule has 0 aromatic rings. The van der Waals surface area contributed by atoms with Gasteiger partial charge in [-0.15, -0.1) is 0 Å². The smallest absolute Gasteiger partial charge is 0.315 e. The summed E-state index contributed by atoms with van der Waals surface area (Å²) in [5, 5.41) is 0. The zero-order valence-corrected chi connectivity index (χ0v) is 17.4. The van der Waals surface area contributed by atoms with Crippen LogP contribution in [0.4, 0.5) is 0 Å². The molecule has 1 heterocycles. The molecule has 0 spiro atoms. The van der Waals surface area contributed by atoms with Gasteiger partial charge in [-0.05, 0) is 0 Å². The summed E-state index contributed by atoms with van der Waals surface area (Å²) in [6.07, 6.45) is -6.35. The maximum absolute atomic E-state index is 12.5. The Morgan fingerprint density at radius 3 is 1.60 bits per heavy atom. The SMILES string of the molecule is CC(=O)OC[C@H]1O[C@](OC(C)=O)(C(C)=O)[C@H](OC(C)=O)[C@@H](OC(C)=O)[C@@H]1OC(C)=O. The van der Waals surface area contributed by atoms with Gasteiger partial charge in [0.05, 0.1) is 0 Å². The summed E-state index contributed by atoms with van der Waals surface area (Å²) in [6, 6.07) is 0. The van der Waals surface area contributed by atoms with Crippen LogP contribution >= 0.6 is 0 Å². The molecule has 1 fully saturated rings. The van der Waals surface area contributed by atoms with E-state index in [0.29, 0.717) is 0 Å². The first-order valence-electron chi connectivity index (χ1n) is 8.83. The average molecular weight is 432 g/mol. The van der Waals surface area contributed by atoms with Gasteiger partial charge in [0.15, 0.2) is 12.2 Å². The maximum Gasteiger partial charge on any atom is 0.315 e. The van der Waals surface area contributed by atoms with E-state index in [1.165, 1.54) is 0 Å². The predicted molar refractivity (Wildman–Crippen MR) is 93.3 cm³/mol. The number of esters is 5. The minimum atomic E-state index is -2.56. The Hall–Kier alpha value is -3.02. The minimum absolute atomic E-state index is 0.561. The molecule has 0 amide bonds. The van der Waals surface area contributed by atoms with E-state index in [0.717, 1.165) is 41.5 Å². The van der Waals surface area contributed by atoms with Gasteiger partial charge in [-0.2, -0.15) is 0 Å². The molecule has 1 aliphatic rings. The summed E-state index contributed by atoms with van der Waals surface area (Å²) < 4.78 is 31.1. The fourth-order valence-corrected chi connectivity index (χ4v) is 2.92. The van der Waals surface area contributed by atoms with Crippen LogP contribution in [0.1, 0.15) is 41.5 Å². The molecule has 5 atom stereocenters. The van der Waals surface area contributed by atoms with Gasteiger partial charge in [-0.25, -0.2) is 0 Å². The summed E-state index contributed by atoms with van der Waals surface area (Å²) in [5.74, 6) is -7.85. The Morgan fingerprint density at radius 2 is 1.20 bits per heavy atom. The molecule has 0 aromatic carbocycles. The van der Waals surface area contributed by atoms with Gasteiger partial charge in [-0.3, -0.25) is 28.8 Å². The van der Waals surface area contributed by atoms with Crippen LogP contribution in [-0.2, 0) is 57.2 Å². The second-order valence-corrected chi connectivity index (χ2v) is 6.45. The van der Waals surface area contributed by atoms with Gasteiger partial charge in [0.2, 0.25) is 11.9 Å². The Kier molecular flexibility index (Phi) is 8.46. The lowest BCUT2D eigenvalue weighted by atomic mass is 9.89. The topological polar surface area (TPSA) is 158 Å². The number of ketones is 1. The molecule has 0 saturated carbocycles.